The number of carbonyl (C=O) groups is 1. The van der Waals surface area contributed by atoms with E-state index in [0.717, 1.165) is 25.8 Å². The van der Waals surface area contributed by atoms with Crippen LogP contribution in [0.5, 0.6) is 0 Å². The van der Waals surface area contributed by atoms with Crippen molar-refractivity contribution in [1.82, 2.24) is 10.2 Å². The molecule has 3 nitrogen and oxygen atoms in total. The zero-order chi connectivity index (χ0) is 15.5. The first kappa shape index (κ1) is 17.1. The highest BCUT2D eigenvalue weighted by molar-refractivity contribution is 8.00. The number of rotatable bonds is 7. The van der Waals surface area contributed by atoms with Crippen molar-refractivity contribution in [2.24, 2.45) is 5.92 Å². The molecule has 1 saturated heterocycles. The van der Waals surface area contributed by atoms with Gasteiger partial charge in [-0.2, -0.15) is 11.8 Å². The maximum absolute atomic E-state index is 12.8. The van der Waals surface area contributed by atoms with Crippen LogP contribution in [-0.2, 0) is 4.79 Å². The Bertz CT molecular complexity index is 342. The minimum atomic E-state index is 0.0452. The summed E-state index contributed by atoms with van der Waals surface area (Å²) in [4.78, 5) is 15.0. The maximum atomic E-state index is 12.8. The lowest BCUT2D eigenvalue weighted by molar-refractivity contribution is -0.131. The lowest BCUT2D eigenvalue weighted by atomic mass is 9.99. The van der Waals surface area contributed by atoms with Crippen molar-refractivity contribution in [2.75, 3.05) is 12.8 Å². The summed E-state index contributed by atoms with van der Waals surface area (Å²) in [5.74, 6) is 1.01. The topological polar surface area (TPSA) is 32.3 Å². The summed E-state index contributed by atoms with van der Waals surface area (Å²) in [6, 6.07) is 0.0452. The summed E-state index contributed by atoms with van der Waals surface area (Å²) < 4.78 is 0.219. The quantitative estimate of drug-likeness (QED) is 0.779. The first-order chi connectivity index (χ1) is 10.1. The number of nitrogens with zero attached hydrogens (tertiary/aromatic N) is 1. The summed E-state index contributed by atoms with van der Waals surface area (Å²) in [7, 11) is 0. The van der Waals surface area contributed by atoms with Crippen molar-refractivity contribution in [1.29, 1.82) is 0 Å². The molecule has 2 atom stereocenters. The predicted octanol–water partition coefficient (Wildman–Crippen LogP) is 3.63. The molecule has 122 valence electrons. The van der Waals surface area contributed by atoms with Gasteiger partial charge in [-0.15, -0.1) is 0 Å². The molecule has 2 fully saturated rings. The summed E-state index contributed by atoms with van der Waals surface area (Å²) >= 11 is 1.94. The van der Waals surface area contributed by atoms with Crippen molar-refractivity contribution in [3.8, 4) is 0 Å². The lowest BCUT2D eigenvalue weighted by Gasteiger charge is -2.38. The molecule has 2 aliphatic rings. The second-order valence-electron chi connectivity index (χ2n) is 6.68. The maximum Gasteiger partial charge on any atom is 0.241 e. The zero-order valence-electron chi connectivity index (χ0n) is 14.2. The van der Waals surface area contributed by atoms with Crippen LogP contribution in [0, 0.1) is 5.92 Å². The van der Waals surface area contributed by atoms with Gasteiger partial charge in [0.25, 0.3) is 0 Å². The fourth-order valence-electron chi connectivity index (χ4n) is 3.97. The van der Waals surface area contributed by atoms with Crippen LogP contribution >= 0.6 is 11.8 Å². The van der Waals surface area contributed by atoms with E-state index in [9.17, 15) is 4.79 Å². The van der Waals surface area contributed by atoms with E-state index in [1.54, 1.807) is 0 Å². The van der Waals surface area contributed by atoms with E-state index < -0.39 is 0 Å². The molecule has 1 amide bonds. The third-order valence-electron chi connectivity index (χ3n) is 5.72. The highest BCUT2D eigenvalue weighted by Crippen LogP contribution is 2.37. The number of nitrogens with one attached hydrogen (secondary N) is 1. The molecule has 1 N–H and O–H groups in total. The Hall–Kier alpha value is -0.220. The van der Waals surface area contributed by atoms with Gasteiger partial charge in [-0.3, -0.25) is 10.1 Å². The lowest BCUT2D eigenvalue weighted by Crippen LogP contribution is -2.49. The number of carbonyl (C=O) groups excluding carboxylic acids is 1. The standard InChI is InChI=1S/C17H32N2OS/c1-5-14-16(20)19(12-17(6-2,7-3)21-4)15(18-14)13-10-8-9-11-13/h13-15,18H,5-12H2,1-4H3. The van der Waals surface area contributed by atoms with Gasteiger partial charge >= 0.3 is 0 Å². The molecular weight excluding hydrogens is 280 g/mol. The van der Waals surface area contributed by atoms with Crippen LogP contribution in [0.2, 0.25) is 0 Å². The molecule has 0 aromatic carbocycles. The number of hydrogen-bond acceptors (Lipinski definition) is 3. The van der Waals surface area contributed by atoms with E-state index in [1.807, 2.05) is 11.8 Å². The van der Waals surface area contributed by atoms with Crippen molar-refractivity contribution in [3.05, 3.63) is 0 Å². The van der Waals surface area contributed by atoms with Crippen LogP contribution in [0.1, 0.15) is 65.7 Å². The Balaban J connectivity index is 2.17. The molecule has 0 aromatic rings. The van der Waals surface area contributed by atoms with Gasteiger partial charge in [0.05, 0.1) is 12.2 Å². The second-order valence-corrected chi connectivity index (χ2v) is 7.95. The van der Waals surface area contributed by atoms with Gasteiger partial charge in [-0.25, -0.2) is 0 Å². The highest BCUT2D eigenvalue weighted by Gasteiger charge is 2.45. The van der Waals surface area contributed by atoms with E-state index in [-0.39, 0.29) is 17.0 Å². The van der Waals surface area contributed by atoms with Gasteiger partial charge in [0.1, 0.15) is 0 Å². The van der Waals surface area contributed by atoms with Crippen molar-refractivity contribution < 1.29 is 4.79 Å². The van der Waals surface area contributed by atoms with E-state index >= 15 is 0 Å². The largest absolute Gasteiger partial charge is 0.324 e. The normalized spacial score (nSPS) is 27.8. The smallest absolute Gasteiger partial charge is 0.241 e. The van der Waals surface area contributed by atoms with Crippen LogP contribution < -0.4 is 5.32 Å². The summed E-state index contributed by atoms with van der Waals surface area (Å²) in [6.45, 7) is 7.54. The minimum absolute atomic E-state index is 0.0452. The molecule has 2 unspecified atom stereocenters. The van der Waals surface area contributed by atoms with Gasteiger partial charge in [0.15, 0.2) is 0 Å². The molecule has 0 radical (unpaired) electrons. The van der Waals surface area contributed by atoms with E-state index in [4.69, 9.17) is 0 Å². The van der Waals surface area contributed by atoms with Crippen LogP contribution in [0.4, 0.5) is 0 Å². The third kappa shape index (κ3) is 3.42. The summed E-state index contributed by atoms with van der Waals surface area (Å²) in [5, 5.41) is 3.64. The van der Waals surface area contributed by atoms with Crippen LogP contribution in [0.3, 0.4) is 0 Å². The Morgan fingerprint density at radius 2 is 1.86 bits per heavy atom. The molecule has 1 heterocycles. The highest BCUT2D eigenvalue weighted by atomic mass is 32.2. The number of amides is 1. The Morgan fingerprint density at radius 1 is 1.24 bits per heavy atom. The SMILES string of the molecule is CCC1NC(C2CCCC2)N(CC(CC)(CC)SC)C1=O. The fourth-order valence-corrected chi connectivity index (χ4v) is 4.82. The van der Waals surface area contributed by atoms with E-state index in [0.29, 0.717) is 11.8 Å². The van der Waals surface area contributed by atoms with Crippen LogP contribution in [-0.4, -0.2) is 40.6 Å². The molecule has 2 rings (SSSR count). The van der Waals surface area contributed by atoms with Crippen molar-refractivity contribution in [2.45, 2.75) is 82.7 Å². The Kier molecular flexibility index (Phi) is 6.01. The van der Waals surface area contributed by atoms with Gasteiger partial charge in [0, 0.05) is 11.3 Å². The predicted molar refractivity (Wildman–Crippen MR) is 91.5 cm³/mol. The number of hydrogen-bond donors (Lipinski definition) is 1. The molecule has 1 saturated carbocycles. The molecule has 21 heavy (non-hydrogen) atoms. The van der Waals surface area contributed by atoms with Crippen LogP contribution in [0.15, 0.2) is 0 Å². The first-order valence-corrected chi connectivity index (χ1v) is 9.95. The van der Waals surface area contributed by atoms with Crippen LogP contribution in [0.25, 0.3) is 0 Å². The second kappa shape index (κ2) is 7.36. The zero-order valence-corrected chi connectivity index (χ0v) is 15.0. The van der Waals surface area contributed by atoms with Gasteiger partial charge in [-0.05, 0) is 44.3 Å². The summed E-state index contributed by atoms with van der Waals surface area (Å²) in [5.41, 5.74) is 0. The van der Waals surface area contributed by atoms with Crippen molar-refractivity contribution in [3.63, 3.8) is 0 Å². The Labute approximate surface area is 134 Å². The average molecular weight is 313 g/mol. The molecule has 1 aliphatic heterocycles. The molecule has 0 bridgehead atoms. The van der Waals surface area contributed by atoms with Gasteiger partial charge in [0.2, 0.25) is 5.91 Å². The minimum Gasteiger partial charge on any atom is -0.324 e. The van der Waals surface area contributed by atoms with Crippen molar-refractivity contribution >= 4 is 17.7 Å². The van der Waals surface area contributed by atoms with E-state index in [1.165, 1.54) is 25.7 Å². The molecule has 4 heteroatoms. The monoisotopic (exact) mass is 312 g/mol. The molecular formula is C17H32N2OS. The average Bonchev–Trinajstić information content (AvgIpc) is 3.14. The summed E-state index contributed by atoms with van der Waals surface area (Å²) in [6.07, 6.45) is 10.9. The van der Waals surface area contributed by atoms with Gasteiger partial charge < -0.3 is 4.90 Å². The Morgan fingerprint density at radius 3 is 2.33 bits per heavy atom. The first-order valence-electron chi connectivity index (χ1n) is 8.72. The number of thioether (sulfide) groups is 1. The van der Waals surface area contributed by atoms with E-state index in [2.05, 4.69) is 37.2 Å². The molecule has 0 aromatic heterocycles. The fraction of sp³-hybridized carbons (Fsp3) is 0.941. The molecule has 1 aliphatic carbocycles. The van der Waals surface area contributed by atoms with Gasteiger partial charge in [-0.1, -0.05) is 33.6 Å². The molecule has 0 spiro atoms. The third-order valence-corrected chi connectivity index (χ3v) is 7.30.